The number of rotatable bonds is 5. The van der Waals surface area contributed by atoms with Crippen LogP contribution in [0.2, 0.25) is 0 Å². The normalized spacial score (nSPS) is 12.3. The first-order valence-corrected chi connectivity index (χ1v) is 5.84. The number of hydrogen-bond acceptors (Lipinski definition) is 4. The second-order valence-corrected chi connectivity index (χ2v) is 4.00. The van der Waals surface area contributed by atoms with Crippen LogP contribution in [-0.4, -0.2) is 21.2 Å². The molecular formula is C13H14N2O3. The van der Waals surface area contributed by atoms with E-state index in [9.17, 15) is 4.79 Å². The van der Waals surface area contributed by atoms with Crippen molar-refractivity contribution in [2.45, 2.75) is 25.7 Å². The van der Waals surface area contributed by atoms with Crippen molar-refractivity contribution in [2.24, 2.45) is 0 Å². The Balaban J connectivity index is 2.27. The standard InChI is InChI=1S/C13H14N2O3/c1-2-6-10(13(16)17)12-14-11(15-18-12)9-7-4-3-5-8-9/h3-5,7-8,10H,2,6H2,1H3,(H,16,17). The van der Waals surface area contributed by atoms with Gasteiger partial charge in [0.2, 0.25) is 11.7 Å². The third kappa shape index (κ3) is 2.56. The number of aliphatic carboxylic acids is 1. The van der Waals surface area contributed by atoms with Gasteiger partial charge in [-0.15, -0.1) is 0 Å². The highest BCUT2D eigenvalue weighted by Gasteiger charge is 2.25. The van der Waals surface area contributed by atoms with Crippen molar-refractivity contribution < 1.29 is 14.4 Å². The Hall–Kier alpha value is -2.17. The zero-order valence-corrected chi connectivity index (χ0v) is 10.0. The fourth-order valence-corrected chi connectivity index (χ4v) is 1.72. The van der Waals surface area contributed by atoms with Crippen molar-refractivity contribution in [2.75, 3.05) is 0 Å². The number of aromatic nitrogens is 2. The molecule has 0 saturated carbocycles. The van der Waals surface area contributed by atoms with Crippen LogP contribution in [0, 0.1) is 0 Å². The van der Waals surface area contributed by atoms with E-state index < -0.39 is 11.9 Å². The van der Waals surface area contributed by atoms with E-state index >= 15 is 0 Å². The van der Waals surface area contributed by atoms with Gasteiger partial charge in [-0.2, -0.15) is 4.98 Å². The van der Waals surface area contributed by atoms with Crippen molar-refractivity contribution >= 4 is 5.97 Å². The fraction of sp³-hybridized carbons (Fsp3) is 0.308. The first-order valence-electron chi connectivity index (χ1n) is 5.84. The molecule has 5 nitrogen and oxygen atoms in total. The molecule has 2 rings (SSSR count). The molecule has 5 heteroatoms. The summed E-state index contributed by atoms with van der Waals surface area (Å²) in [5.41, 5.74) is 0.813. The van der Waals surface area contributed by atoms with Crippen LogP contribution in [0.5, 0.6) is 0 Å². The highest BCUT2D eigenvalue weighted by atomic mass is 16.5. The number of benzene rings is 1. The average Bonchev–Trinajstić information content (AvgIpc) is 2.86. The predicted molar refractivity (Wildman–Crippen MR) is 65.0 cm³/mol. The fourth-order valence-electron chi connectivity index (χ4n) is 1.72. The maximum atomic E-state index is 11.1. The average molecular weight is 246 g/mol. The molecular weight excluding hydrogens is 232 g/mol. The van der Waals surface area contributed by atoms with Gasteiger partial charge in [0, 0.05) is 5.56 Å². The Morgan fingerprint density at radius 2 is 2.11 bits per heavy atom. The minimum atomic E-state index is -0.930. The summed E-state index contributed by atoms with van der Waals surface area (Å²) in [5, 5.41) is 12.9. The van der Waals surface area contributed by atoms with Gasteiger partial charge in [-0.1, -0.05) is 48.8 Å². The van der Waals surface area contributed by atoms with Gasteiger partial charge in [-0.25, -0.2) is 0 Å². The number of carboxylic acid groups (broad SMARTS) is 1. The summed E-state index contributed by atoms with van der Waals surface area (Å²) in [5.74, 6) is -1.06. The maximum absolute atomic E-state index is 11.1. The second-order valence-electron chi connectivity index (χ2n) is 4.00. The van der Waals surface area contributed by atoms with Crippen molar-refractivity contribution in [3.05, 3.63) is 36.2 Å². The molecule has 0 spiro atoms. The van der Waals surface area contributed by atoms with Gasteiger partial charge in [-0.05, 0) is 6.42 Å². The summed E-state index contributed by atoms with van der Waals surface area (Å²) in [4.78, 5) is 15.3. The minimum Gasteiger partial charge on any atom is -0.481 e. The van der Waals surface area contributed by atoms with Crippen molar-refractivity contribution in [1.82, 2.24) is 10.1 Å². The van der Waals surface area contributed by atoms with Gasteiger partial charge in [0.05, 0.1) is 0 Å². The molecule has 0 aliphatic rings. The van der Waals surface area contributed by atoms with E-state index in [1.807, 2.05) is 37.3 Å². The van der Waals surface area contributed by atoms with E-state index in [-0.39, 0.29) is 5.89 Å². The lowest BCUT2D eigenvalue weighted by Crippen LogP contribution is -2.11. The molecule has 2 aromatic rings. The van der Waals surface area contributed by atoms with Crippen molar-refractivity contribution in [3.8, 4) is 11.4 Å². The zero-order valence-electron chi connectivity index (χ0n) is 10.0. The van der Waals surface area contributed by atoms with Gasteiger partial charge < -0.3 is 9.63 Å². The molecule has 0 amide bonds. The van der Waals surface area contributed by atoms with Crippen molar-refractivity contribution in [3.63, 3.8) is 0 Å². The van der Waals surface area contributed by atoms with E-state index in [0.29, 0.717) is 12.2 Å². The highest BCUT2D eigenvalue weighted by molar-refractivity contribution is 5.74. The molecule has 1 aromatic heterocycles. The topological polar surface area (TPSA) is 76.2 Å². The van der Waals surface area contributed by atoms with Gasteiger partial charge in [0.1, 0.15) is 5.92 Å². The van der Waals surface area contributed by atoms with E-state index in [1.54, 1.807) is 0 Å². The molecule has 1 N–H and O–H groups in total. The monoisotopic (exact) mass is 246 g/mol. The largest absolute Gasteiger partial charge is 0.481 e. The second kappa shape index (κ2) is 5.44. The van der Waals surface area contributed by atoms with Gasteiger partial charge in [-0.3, -0.25) is 4.79 Å². The molecule has 0 bridgehead atoms. The summed E-state index contributed by atoms with van der Waals surface area (Å²) < 4.78 is 5.05. The summed E-state index contributed by atoms with van der Waals surface area (Å²) in [6, 6.07) is 9.33. The van der Waals surface area contributed by atoms with E-state index in [2.05, 4.69) is 10.1 Å². The molecule has 1 aromatic carbocycles. The molecule has 1 unspecified atom stereocenters. The third-order valence-electron chi connectivity index (χ3n) is 2.65. The summed E-state index contributed by atoms with van der Waals surface area (Å²) in [7, 11) is 0. The number of nitrogens with zero attached hydrogens (tertiary/aromatic N) is 2. The Morgan fingerprint density at radius 3 is 2.72 bits per heavy atom. The smallest absolute Gasteiger partial charge is 0.316 e. The summed E-state index contributed by atoms with van der Waals surface area (Å²) in [6.07, 6.45) is 1.24. The molecule has 1 atom stereocenters. The van der Waals surface area contributed by atoms with Gasteiger partial charge >= 0.3 is 5.97 Å². The van der Waals surface area contributed by atoms with Crippen LogP contribution in [0.1, 0.15) is 31.6 Å². The number of hydrogen-bond donors (Lipinski definition) is 1. The Kier molecular flexibility index (Phi) is 3.72. The quantitative estimate of drug-likeness (QED) is 0.877. The predicted octanol–water partition coefficient (Wildman–Crippen LogP) is 2.70. The molecule has 0 aliphatic carbocycles. The van der Waals surface area contributed by atoms with Crippen LogP contribution in [0.3, 0.4) is 0 Å². The molecule has 0 radical (unpaired) electrons. The molecule has 0 fully saturated rings. The van der Waals surface area contributed by atoms with E-state index in [0.717, 1.165) is 12.0 Å². The van der Waals surface area contributed by atoms with Crippen LogP contribution in [0.25, 0.3) is 11.4 Å². The SMILES string of the molecule is CCCC(C(=O)O)c1nc(-c2ccccc2)no1. The lowest BCUT2D eigenvalue weighted by atomic mass is 10.0. The Bertz CT molecular complexity index is 522. The Morgan fingerprint density at radius 1 is 1.39 bits per heavy atom. The first-order chi connectivity index (χ1) is 8.72. The third-order valence-corrected chi connectivity index (χ3v) is 2.65. The van der Waals surface area contributed by atoms with Gasteiger partial charge in [0.25, 0.3) is 0 Å². The molecule has 0 aliphatic heterocycles. The van der Waals surface area contributed by atoms with Gasteiger partial charge in [0.15, 0.2) is 0 Å². The lowest BCUT2D eigenvalue weighted by Gasteiger charge is -2.04. The van der Waals surface area contributed by atoms with Crippen LogP contribution >= 0.6 is 0 Å². The van der Waals surface area contributed by atoms with Crippen LogP contribution in [0.4, 0.5) is 0 Å². The Labute approximate surface area is 104 Å². The summed E-state index contributed by atoms with van der Waals surface area (Å²) >= 11 is 0. The number of carbonyl (C=O) groups is 1. The molecule has 18 heavy (non-hydrogen) atoms. The van der Waals surface area contributed by atoms with Crippen LogP contribution in [0.15, 0.2) is 34.9 Å². The van der Waals surface area contributed by atoms with E-state index in [4.69, 9.17) is 9.63 Å². The molecule has 94 valence electrons. The highest BCUT2D eigenvalue weighted by Crippen LogP contribution is 2.23. The first kappa shape index (κ1) is 12.3. The minimum absolute atomic E-state index is 0.170. The summed E-state index contributed by atoms with van der Waals surface area (Å²) in [6.45, 7) is 1.92. The number of carboxylic acids is 1. The molecule has 0 saturated heterocycles. The van der Waals surface area contributed by atoms with E-state index in [1.165, 1.54) is 0 Å². The van der Waals surface area contributed by atoms with Crippen LogP contribution < -0.4 is 0 Å². The lowest BCUT2D eigenvalue weighted by molar-refractivity contribution is -0.139. The van der Waals surface area contributed by atoms with Crippen molar-refractivity contribution in [1.29, 1.82) is 0 Å². The molecule has 1 heterocycles. The van der Waals surface area contributed by atoms with Crippen LogP contribution in [-0.2, 0) is 4.79 Å². The zero-order chi connectivity index (χ0) is 13.0. The maximum Gasteiger partial charge on any atom is 0.316 e.